The fraction of sp³-hybridized carbons (Fsp3) is 0.429. The van der Waals surface area contributed by atoms with Gasteiger partial charge in [0.05, 0.1) is 12.1 Å². The molecule has 2 amide bonds. The van der Waals surface area contributed by atoms with Crippen LogP contribution in [-0.2, 0) is 11.3 Å². The van der Waals surface area contributed by atoms with Crippen LogP contribution in [0.4, 0.5) is 5.82 Å². The predicted molar refractivity (Wildman–Crippen MR) is 106 cm³/mol. The van der Waals surface area contributed by atoms with Gasteiger partial charge in [0.25, 0.3) is 0 Å². The molecule has 2 heterocycles. The zero-order valence-corrected chi connectivity index (χ0v) is 15.8. The van der Waals surface area contributed by atoms with Gasteiger partial charge in [-0.05, 0) is 43.4 Å². The Morgan fingerprint density at radius 3 is 2.57 bits per heavy atom. The first kappa shape index (κ1) is 18.4. The molecule has 1 unspecified atom stereocenters. The van der Waals surface area contributed by atoms with Gasteiger partial charge in [-0.15, -0.1) is 0 Å². The van der Waals surface area contributed by atoms with E-state index in [1.807, 2.05) is 17.0 Å². The normalized spacial score (nSPS) is 19.3. The van der Waals surface area contributed by atoms with Gasteiger partial charge in [-0.25, -0.2) is 4.98 Å². The number of nitrogens with two attached hydrogens (primary N) is 1. The molecule has 1 saturated carbocycles. The van der Waals surface area contributed by atoms with Crippen molar-refractivity contribution < 1.29 is 9.59 Å². The molecule has 2 aromatic rings. The van der Waals surface area contributed by atoms with E-state index in [0.29, 0.717) is 24.7 Å². The molecule has 7 heteroatoms. The summed E-state index contributed by atoms with van der Waals surface area (Å²) in [6.07, 6.45) is 9.10. The van der Waals surface area contributed by atoms with Gasteiger partial charge in [0, 0.05) is 43.6 Å². The number of hydrogen-bond donors (Lipinski definition) is 1. The van der Waals surface area contributed by atoms with Crippen LogP contribution in [0.15, 0.2) is 42.9 Å². The van der Waals surface area contributed by atoms with E-state index < -0.39 is 5.91 Å². The molecule has 28 heavy (non-hydrogen) atoms. The van der Waals surface area contributed by atoms with Crippen molar-refractivity contribution in [3.63, 3.8) is 0 Å². The number of carbonyl (C=O) groups excluding carboxylic acids is 2. The van der Waals surface area contributed by atoms with Crippen LogP contribution in [0.1, 0.15) is 41.6 Å². The van der Waals surface area contributed by atoms with Crippen molar-refractivity contribution in [3.8, 4) is 0 Å². The first-order valence-electron chi connectivity index (χ1n) is 9.82. The molecule has 1 aliphatic heterocycles. The number of rotatable bonds is 6. The van der Waals surface area contributed by atoms with Crippen molar-refractivity contribution in [3.05, 3.63) is 54.0 Å². The van der Waals surface area contributed by atoms with Gasteiger partial charge in [0.1, 0.15) is 5.82 Å². The molecule has 4 rings (SSSR count). The second-order valence-electron chi connectivity index (χ2n) is 7.61. The fourth-order valence-corrected chi connectivity index (χ4v) is 3.82. The number of nitrogens with zero attached hydrogens (tertiary/aromatic N) is 4. The van der Waals surface area contributed by atoms with E-state index in [-0.39, 0.29) is 11.8 Å². The quantitative estimate of drug-likeness (QED) is 0.828. The topological polar surface area (TPSA) is 92.4 Å². The Kier molecular flexibility index (Phi) is 5.23. The summed E-state index contributed by atoms with van der Waals surface area (Å²) in [5, 5.41) is 0. The molecule has 1 saturated heterocycles. The Morgan fingerprint density at radius 2 is 1.93 bits per heavy atom. The number of carbonyl (C=O) groups is 2. The molecule has 1 aromatic heterocycles. The largest absolute Gasteiger partial charge is 0.366 e. The Morgan fingerprint density at radius 1 is 1.14 bits per heavy atom. The monoisotopic (exact) mass is 379 g/mol. The Labute approximate surface area is 164 Å². The highest BCUT2D eigenvalue weighted by molar-refractivity contribution is 5.92. The lowest BCUT2D eigenvalue weighted by Gasteiger charge is -2.35. The molecular weight excluding hydrogens is 354 g/mol. The molecule has 2 fully saturated rings. The van der Waals surface area contributed by atoms with Gasteiger partial charge in [0.2, 0.25) is 11.8 Å². The molecule has 1 atom stereocenters. The highest BCUT2D eigenvalue weighted by atomic mass is 16.2. The summed E-state index contributed by atoms with van der Waals surface area (Å²) in [5.74, 6) is 0.587. The third-order valence-corrected chi connectivity index (χ3v) is 5.51. The molecule has 1 aromatic carbocycles. The van der Waals surface area contributed by atoms with Crippen LogP contribution in [0.3, 0.4) is 0 Å². The van der Waals surface area contributed by atoms with Gasteiger partial charge in [-0.2, -0.15) is 0 Å². The second kappa shape index (κ2) is 7.96. The Balaban J connectivity index is 1.45. The van der Waals surface area contributed by atoms with Crippen molar-refractivity contribution in [2.75, 3.05) is 18.0 Å². The highest BCUT2D eigenvalue weighted by Gasteiger charge is 2.37. The van der Waals surface area contributed by atoms with E-state index >= 15 is 0 Å². The van der Waals surface area contributed by atoms with Crippen LogP contribution < -0.4 is 10.6 Å². The van der Waals surface area contributed by atoms with E-state index in [1.165, 1.54) is 0 Å². The summed E-state index contributed by atoms with van der Waals surface area (Å²) >= 11 is 0. The average molecular weight is 379 g/mol. The molecule has 0 spiro atoms. The van der Waals surface area contributed by atoms with Gasteiger partial charge in [0.15, 0.2) is 0 Å². The number of primary amides is 1. The van der Waals surface area contributed by atoms with Crippen molar-refractivity contribution in [2.45, 2.75) is 38.3 Å². The molecule has 2 aliphatic rings. The zero-order valence-electron chi connectivity index (χ0n) is 15.8. The van der Waals surface area contributed by atoms with Crippen molar-refractivity contribution in [1.82, 2.24) is 14.9 Å². The van der Waals surface area contributed by atoms with Gasteiger partial charge < -0.3 is 15.5 Å². The third kappa shape index (κ3) is 4.13. The summed E-state index contributed by atoms with van der Waals surface area (Å²) in [7, 11) is 0. The molecular formula is C21H25N5O2. The minimum absolute atomic E-state index is 0.0266. The molecule has 2 N–H and O–H groups in total. The number of hydrogen-bond acceptors (Lipinski definition) is 5. The summed E-state index contributed by atoms with van der Waals surface area (Å²) < 4.78 is 0. The lowest BCUT2D eigenvalue weighted by molar-refractivity contribution is -0.137. The van der Waals surface area contributed by atoms with Gasteiger partial charge >= 0.3 is 0 Å². The van der Waals surface area contributed by atoms with E-state index in [1.54, 1.807) is 30.7 Å². The summed E-state index contributed by atoms with van der Waals surface area (Å²) in [6, 6.07) is 7.55. The molecule has 0 radical (unpaired) electrons. The van der Waals surface area contributed by atoms with Crippen molar-refractivity contribution in [1.29, 1.82) is 0 Å². The van der Waals surface area contributed by atoms with Crippen molar-refractivity contribution in [2.24, 2.45) is 11.7 Å². The van der Waals surface area contributed by atoms with Crippen LogP contribution in [0, 0.1) is 5.92 Å². The summed E-state index contributed by atoms with van der Waals surface area (Å²) in [5.41, 5.74) is 6.82. The number of anilines is 1. The van der Waals surface area contributed by atoms with E-state index in [4.69, 9.17) is 5.73 Å². The van der Waals surface area contributed by atoms with Gasteiger partial charge in [-0.3, -0.25) is 14.6 Å². The Hall–Kier alpha value is -2.96. The van der Waals surface area contributed by atoms with Crippen LogP contribution in [0.25, 0.3) is 0 Å². The lowest BCUT2D eigenvalue weighted by Crippen LogP contribution is -2.45. The second-order valence-corrected chi connectivity index (χ2v) is 7.61. The first-order valence-corrected chi connectivity index (χ1v) is 9.82. The smallest absolute Gasteiger partial charge is 0.248 e. The SMILES string of the molecule is NC(=O)c1ccc(CN(C(=O)C2CCCN(c3cnccn3)C2)C2CC2)cc1. The standard InChI is InChI=1S/C21H25N5O2/c22-20(27)16-5-3-15(4-6-16)13-26(18-7-8-18)21(28)17-2-1-11-25(14-17)19-12-23-9-10-24-19/h3-6,9-10,12,17-18H,1-2,7-8,11,13-14H2,(H2,22,27). The molecule has 0 bridgehead atoms. The average Bonchev–Trinajstić information content (AvgIpc) is 3.58. The minimum atomic E-state index is -0.437. The third-order valence-electron chi connectivity index (χ3n) is 5.51. The number of benzene rings is 1. The van der Waals surface area contributed by atoms with Crippen LogP contribution in [0.5, 0.6) is 0 Å². The number of aromatic nitrogens is 2. The van der Waals surface area contributed by atoms with E-state index in [2.05, 4.69) is 14.9 Å². The summed E-state index contributed by atoms with van der Waals surface area (Å²) in [4.78, 5) is 37.3. The summed E-state index contributed by atoms with van der Waals surface area (Å²) in [6.45, 7) is 2.16. The first-order chi connectivity index (χ1) is 13.6. The van der Waals surface area contributed by atoms with Crippen LogP contribution in [-0.4, -0.2) is 45.8 Å². The van der Waals surface area contributed by atoms with Crippen LogP contribution in [0.2, 0.25) is 0 Å². The van der Waals surface area contributed by atoms with Crippen LogP contribution >= 0.6 is 0 Å². The highest BCUT2D eigenvalue weighted by Crippen LogP contribution is 2.32. The minimum Gasteiger partial charge on any atom is -0.366 e. The Bertz CT molecular complexity index is 836. The lowest BCUT2D eigenvalue weighted by atomic mass is 9.96. The van der Waals surface area contributed by atoms with Crippen molar-refractivity contribution >= 4 is 17.6 Å². The van der Waals surface area contributed by atoms with Gasteiger partial charge in [-0.1, -0.05) is 12.1 Å². The molecule has 7 nitrogen and oxygen atoms in total. The maximum atomic E-state index is 13.3. The molecule has 146 valence electrons. The maximum absolute atomic E-state index is 13.3. The molecule has 1 aliphatic carbocycles. The number of amides is 2. The zero-order chi connectivity index (χ0) is 19.5. The van der Waals surface area contributed by atoms with E-state index in [0.717, 1.165) is 43.6 Å². The predicted octanol–water partition coefficient (Wildman–Crippen LogP) is 1.98. The maximum Gasteiger partial charge on any atom is 0.248 e. The fourth-order valence-electron chi connectivity index (χ4n) is 3.82. The van der Waals surface area contributed by atoms with E-state index in [9.17, 15) is 9.59 Å². The number of piperidine rings is 1.